The highest BCUT2D eigenvalue weighted by Crippen LogP contribution is 2.42. The van der Waals surface area contributed by atoms with Crippen LogP contribution >= 0.6 is 0 Å². The maximum atomic E-state index is 6.55. The summed E-state index contributed by atoms with van der Waals surface area (Å²) in [5.41, 5.74) is 19.3. The van der Waals surface area contributed by atoms with Gasteiger partial charge in [0.2, 0.25) is 0 Å². The molecule has 0 aliphatic heterocycles. The number of allylic oxidation sites excluding steroid dienone is 2. The molecule has 0 saturated carbocycles. The van der Waals surface area contributed by atoms with Gasteiger partial charge in [0.05, 0.1) is 23.2 Å². The van der Waals surface area contributed by atoms with Crippen LogP contribution in [0, 0.1) is 5.41 Å². The van der Waals surface area contributed by atoms with E-state index < -0.39 is 0 Å². The Labute approximate surface area is 277 Å². The number of nitrogens with one attached hydrogen (secondary N) is 1. The Hall–Kier alpha value is -3.36. The molecule has 0 aliphatic carbocycles. The Balaban J connectivity index is 2.12. The molecule has 7 nitrogen and oxygen atoms in total. The normalized spacial score (nSPS) is 14.1. The van der Waals surface area contributed by atoms with E-state index in [2.05, 4.69) is 95.0 Å². The van der Waals surface area contributed by atoms with Crippen molar-refractivity contribution in [3.05, 3.63) is 84.2 Å². The van der Waals surface area contributed by atoms with Crippen molar-refractivity contribution in [2.45, 2.75) is 105 Å². The lowest BCUT2D eigenvalue weighted by Crippen LogP contribution is -2.25. The van der Waals surface area contributed by atoms with Gasteiger partial charge in [0.1, 0.15) is 0 Å². The molecule has 7 heteroatoms. The van der Waals surface area contributed by atoms with E-state index in [9.17, 15) is 0 Å². The summed E-state index contributed by atoms with van der Waals surface area (Å²) < 4.78 is 8.23. The quantitative estimate of drug-likeness (QED) is 0.0406. The van der Waals surface area contributed by atoms with Crippen molar-refractivity contribution < 1.29 is 4.74 Å². The maximum absolute atomic E-state index is 6.55. The van der Waals surface area contributed by atoms with Gasteiger partial charge in [-0.3, -0.25) is 21.2 Å². The number of aryl methyl sites for hydroxylation is 1. The molecule has 0 amide bonds. The first-order valence-corrected chi connectivity index (χ1v) is 16.8. The van der Waals surface area contributed by atoms with E-state index in [1.54, 1.807) is 7.11 Å². The molecule has 3 rings (SSSR count). The molecular formula is C39H58N6O. The largest absolute Gasteiger partial charge is 0.375 e. The second kappa shape index (κ2) is 17.5. The topological polar surface area (TPSA) is 103 Å². The highest BCUT2D eigenvalue weighted by molar-refractivity contribution is 5.96. The van der Waals surface area contributed by atoms with E-state index in [0.717, 1.165) is 85.4 Å². The summed E-state index contributed by atoms with van der Waals surface area (Å²) in [7, 11) is 1.75. The smallest absolute Gasteiger partial charge is 0.0969 e. The van der Waals surface area contributed by atoms with Crippen LogP contribution in [-0.2, 0) is 17.7 Å². The monoisotopic (exact) mass is 626 g/mol. The minimum absolute atomic E-state index is 0.0680. The van der Waals surface area contributed by atoms with Gasteiger partial charge in [-0.15, -0.1) is 6.58 Å². The summed E-state index contributed by atoms with van der Waals surface area (Å²) in [6.07, 6.45) is 12.4. The summed E-state index contributed by atoms with van der Waals surface area (Å²) in [6, 6.07) is 10.9. The molecule has 2 heterocycles. The first-order valence-electron chi connectivity index (χ1n) is 16.8. The van der Waals surface area contributed by atoms with Crippen LogP contribution < -0.4 is 17.0 Å². The fraction of sp³-hybridized carbons (Fsp3) is 0.487. The molecule has 250 valence electrons. The van der Waals surface area contributed by atoms with Gasteiger partial charge in [-0.25, -0.2) is 0 Å². The van der Waals surface area contributed by atoms with E-state index in [4.69, 9.17) is 26.3 Å². The first-order chi connectivity index (χ1) is 22.0. The molecule has 2 atom stereocenters. The Morgan fingerprint density at radius 3 is 2.65 bits per heavy atom. The zero-order chi connectivity index (χ0) is 33.9. The number of pyridine rings is 1. The maximum Gasteiger partial charge on any atom is 0.0969 e. The molecule has 0 radical (unpaired) electrons. The van der Waals surface area contributed by atoms with Crippen LogP contribution in [0.1, 0.15) is 103 Å². The zero-order valence-electron chi connectivity index (χ0n) is 29.5. The molecule has 1 aromatic carbocycles. The van der Waals surface area contributed by atoms with Crippen LogP contribution in [0.4, 0.5) is 0 Å². The van der Waals surface area contributed by atoms with Gasteiger partial charge in [0, 0.05) is 66.6 Å². The molecule has 0 fully saturated rings. The lowest BCUT2D eigenvalue weighted by atomic mass is 9.80. The van der Waals surface area contributed by atoms with Gasteiger partial charge in [0.15, 0.2) is 0 Å². The van der Waals surface area contributed by atoms with Crippen molar-refractivity contribution in [3.63, 3.8) is 0 Å². The van der Waals surface area contributed by atoms with Crippen molar-refractivity contribution in [2.75, 3.05) is 13.7 Å². The van der Waals surface area contributed by atoms with Gasteiger partial charge in [-0.05, 0) is 101 Å². The van der Waals surface area contributed by atoms with Crippen LogP contribution in [0.2, 0.25) is 0 Å². The van der Waals surface area contributed by atoms with E-state index in [1.807, 2.05) is 18.3 Å². The number of unbranched alkanes of at least 4 members (excludes halogenated alkanes) is 1. The molecule has 0 saturated heterocycles. The van der Waals surface area contributed by atoms with Crippen LogP contribution in [0.5, 0.6) is 0 Å². The molecule has 46 heavy (non-hydrogen) atoms. The summed E-state index contributed by atoms with van der Waals surface area (Å²) in [5, 5.41) is 1.25. The van der Waals surface area contributed by atoms with Gasteiger partial charge in [0.25, 0.3) is 0 Å². The number of aromatic nitrogens is 2. The number of nitrogens with two attached hydrogens (primary N) is 2. The van der Waals surface area contributed by atoms with Crippen molar-refractivity contribution >= 4 is 22.3 Å². The predicted molar refractivity (Wildman–Crippen MR) is 198 cm³/mol. The molecular weight excluding hydrogens is 568 g/mol. The van der Waals surface area contributed by atoms with Crippen molar-refractivity contribution in [3.8, 4) is 11.3 Å². The number of nitrogens with zero attached hydrogens (tertiary/aromatic N) is 3. The van der Waals surface area contributed by atoms with Gasteiger partial charge in [-0.2, -0.15) is 0 Å². The van der Waals surface area contributed by atoms with Gasteiger partial charge >= 0.3 is 0 Å². The SMILES string of the molecule is C=CCCC(C)(C)Cc1c(-c2cccnc2C(C)OC)n(CC)c2ccc(/C(=C/C)N=C(C)CC(N)C(=C)CCCCNN)cc12. The number of aliphatic imine (C=N–C) groups is 1. The first kappa shape index (κ1) is 37.1. The number of hydrogen-bond donors (Lipinski definition) is 3. The average Bonchev–Trinajstić information content (AvgIpc) is 3.35. The summed E-state index contributed by atoms with van der Waals surface area (Å²) in [6.45, 7) is 23.0. The molecule has 2 aromatic heterocycles. The number of ether oxygens (including phenoxy) is 1. The van der Waals surface area contributed by atoms with Crippen LogP contribution in [-0.4, -0.2) is 35.0 Å². The fourth-order valence-corrected chi connectivity index (χ4v) is 6.29. The molecule has 0 bridgehead atoms. The lowest BCUT2D eigenvalue weighted by molar-refractivity contribution is 0.116. The minimum Gasteiger partial charge on any atom is -0.375 e. The number of methoxy groups -OCH3 is 1. The van der Waals surface area contributed by atoms with Gasteiger partial charge in [-0.1, -0.05) is 44.2 Å². The van der Waals surface area contributed by atoms with Crippen LogP contribution in [0.25, 0.3) is 27.9 Å². The third-order valence-electron chi connectivity index (χ3n) is 8.99. The number of hydrazine groups is 1. The third-order valence-corrected chi connectivity index (χ3v) is 8.99. The Morgan fingerprint density at radius 1 is 1.24 bits per heavy atom. The second-order valence-corrected chi connectivity index (χ2v) is 13.2. The minimum atomic E-state index is -0.131. The number of hydrogen-bond acceptors (Lipinski definition) is 6. The van der Waals surface area contributed by atoms with Gasteiger partial charge < -0.3 is 15.0 Å². The zero-order valence-corrected chi connectivity index (χ0v) is 29.5. The summed E-state index contributed by atoms with van der Waals surface area (Å²) in [4.78, 5) is 9.90. The highest BCUT2D eigenvalue weighted by Gasteiger charge is 2.27. The highest BCUT2D eigenvalue weighted by atomic mass is 16.5. The molecule has 2 unspecified atom stereocenters. The average molecular weight is 627 g/mol. The molecule has 3 aromatic rings. The second-order valence-electron chi connectivity index (χ2n) is 13.2. The molecule has 0 aliphatic rings. The lowest BCUT2D eigenvalue weighted by Gasteiger charge is -2.25. The van der Waals surface area contributed by atoms with Crippen LogP contribution in [0.15, 0.2) is 72.4 Å². The van der Waals surface area contributed by atoms with Crippen LogP contribution in [0.3, 0.4) is 0 Å². The molecule has 5 N–H and O–H groups in total. The van der Waals surface area contributed by atoms with Crippen molar-refractivity contribution in [1.82, 2.24) is 15.0 Å². The van der Waals surface area contributed by atoms with E-state index in [1.165, 1.54) is 22.2 Å². The van der Waals surface area contributed by atoms with Crippen molar-refractivity contribution in [2.24, 2.45) is 22.0 Å². The Bertz CT molecular complexity index is 1530. The Morgan fingerprint density at radius 2 is 2.00 bits per heavy atom. The van der Waals surface area contributed by atoms with E-state index in [0.29, 0.717) is 6.42 Å². The van der Waals surface area contributed by atoms with Crippen molar-refractivity contribution in [1.29, 1.82) is 0 Å². The number of rotatable bonds is 19. The Kier molecular flexibility index (Phi) is 14.1. The third kappa shape index (κ3) is 9.35. The van der Waals surface area contributed by atoms with E-state index in [-0.39, 0.29) is 17.6 Å². The summed E-state index contributed by atoms with van der Waals surface area (Å²) >= 11 is 0. The number of fused-ring (bicyclic) bond motifs is 1. The van der Waals surface area contributed by atoms with E-state index >= 15 is 0 Å². The number of benzene rings is 1. The predicted octanol–water partition coefficient (Wildman–Crippen LogP) is 8.69. The standard InChI is InChI=1S/C39H58N6O/c1-10-13-21-39(7,8)26-33-32-25-30(35(11-2)44-28(5)24-34(40)27(4)17-14-15-23-43-41)19-20-36(32)45(12-3)38(33)31-18-16-22-42-37(31)29(6)46-9/h10-11,16,18-20,22,25,29,34,43H,1,4,12-15,17,21,23-24,26,40-41H2,2-3,5-9H3/b35-11-,44-28?. The molecule has 0 spiro atoms. The summed E-state index contributed by atoms with van der Waals surface area (Å²) in [5.74, 6) is 5.40. The fourth-order valence-electron chi connectivity index (χ4n) is 6.29.